The van der Waals surface area contributed by atoms with Crippen molar-refractivity contribution in [1.29, 1.82) is 5.41 Å². The Morgan fingerprint density at radius 1 is 1.26 bits per heavy atom. The number of carbonyl (C=O) groups is 3. The molecule has 0 radical (unpaired) electrons. The van der Waals surface area contributed by atoms with E-state index in [-0.39, 0.29) is 30.1 Å². The van der Waals surface area contributed by atoms with Gasteiger partial charge in [0.05, 0.1) is 27.1 Å². The monoisotopic (exact) mass is 456 g/mol. The fraction of sp³-hybridized carbons (Fsp3) is 0.273. The fourth-order valence-electron chi connectivity index (χ4n) is 4.11. The van der Waals surface area contributed by atoms with E-state index in [1.807, 2.05) is 12.1 Å². The molecule has 9 heteroatoms. The van der Waals surface area contributed by atoms with Crippen molar-refractivity contribution in [3.8, 4) is 0 Å². The summed E-state index contributed by atoms with van der Waals surface area (Å²) in [5, 5.41) is 10.4. The van der Waals surface area contributed by atoms with Crippen LogP contribution in [0.25, 0.3) is 0 Å². The summed E-state index contributed by atoms with van der Waals surface area (Å²) in [7, 11) is 0. The van der Waals surface area contributed by atoms with Gasteiger partial charge in [-0.1, -0.05) is 42.0 Å². The molecule has 2 aromatic rings. The molecule has 1 aromatic carbocycles. The first-order valence-corrected chi connectivity index (χ1v) is 11.1. The van der Waals surface area contributed by atoms with Gasteiger partial charge in [-0.15, -0.1) is 11.3 Å². The molecule has 2 aliphatic rings. The predicted octanol–water partition coefficient (Wildman–Crippen LogP) is 2.59. The zero-order valence-electron chi connectivity index (χ0n) is 16.5. The lowest BCUT2D eigenvalue weighted by Crippen LogP contribution is -2.45. The van der Waals surface area contributed by atoms with Gasteiger partial charge in [-0.2, -0.15) is 0 Å². The summed E-state index contributed by atoms with van der Waals surface area (Å²) in [5.74, 6) is -1.90. The average molecular weight is 457 g/mol. The smallest absolute Gasteiger partial charge is 0.261 e. The molecule has 3 unspecified atom stereocenters. The number of rotatable bonds is 6. The Bertz CT molecular complexity index is 1100. The number of thiophene rings is 1. The van der Waals surface area contributed by atoms with Gasteiger partial charge in [-0.25, -0.2) is 0 Å². The Hall–Kier alpha value is -2.97. The Morgan fingerprint density at radius 3 is 2.77 bits per heavy atom. The number of hydrogen-bond donors (Lipinski definition) is 3. The number of nitrogens with zero attached hydrogens (tertiary/aromatic N) is 1. The molecular weight excluding hydrogens is 436 g/mol. The lowest BCUT2D eigenvalue weighted by Gasteiger charge is -2.26. The number of carbonyl (C=O) groups excluding carboxylic acids is 3. The number of likely N-dealkylation sites (tertiary alicyclic amines) is 1. The maximum atomic E-state index is 13.1. The summed E-state index contributed by atoms with van der Waals surface area (Å²) in [6.07, 6.45) is 4.58. The Balaban J connectivity index is 1.46. The van der Waals surface area contributed by atoms with Crippen molar-refractivity contribution in [2.45, 2.75) is 18.9 Å². The van der Waals surface area contributed by atoms with E-state index in [1.165, 1.54) is 4.90 Å². The van der Waals surface area contributed by atoms with Crippen LogP contribution in [-0.4, -0.2) is 41.0 Å². The zero-order chi connectivity index (χ0) is 22.1. The van der Waals surface area contributed by atoms with Gasteiger partial charge in [-0.05, 0) is 36.6 Å². The molecule has 1 saturated heterocycles. The number of amides is 3. The number of nitrogens with one attached hydrogen (secondary N) is 2. The lowest BCUT2D eigenvalue weighted by molar-refractivity contribution is -0.139. The first kappa shape index (κ1) is 21.3. The third-order valence-corrected chi connectivity index (χ3v) is 6.87. The molecule has 1 aliphatic carbocycles. The second-order valence-electron chi connectivity index (χ2n) is 7.59. The van der Waals surface area contributed by atoms with Crippen LogP contribution in [0.4, 0.5) is 0 Å². The molecule has 1 aliphatic heterocycles. The fourth-order valence-corrected chi connectivity index (χ4v) is 5.06. The summed E-state index contributed by atoms with van der Waals surface area (Å²) in [4.78, 5) is 40.4. The third-order valence-electron chi connectivity index (χ3n) is 5.65. The highest BCUT2D eigenvalue weighted by atomic mass is 35.5. The molecule has 4 N–H and O–H groups in total. The Labute approximate surface area is 188 Å². The van der Waals surface area contributed by atoms with Crippen LogP contribution in [0, 0.1) is 17.2 Å². The van der Waals surface area contributed by atoms with E-state index in [4.69, 9.17) is 22.7 Å². The summed E-state index contributed by atoms with van der Waals surface area (Å²) >= 11 is 7.07. The highest BCUT2D eigenvalue weighted by molar-refractivity contribution is 7.18. The molecule has 160 valence electrons. The average Bonchev–Trinajstić information content (AvgIpc) is 3.29. The minimum absolute atomic E-state index is 0.0297. The van der Waals surface area contributed by atoms with Gasteiger partial charge in [-0.3, -0.25) is 24.7 Å². The van der Waals surface area contributed by atoms with E-state index in [1.54, 1.807) is 36.4 Å². The number of halogens is 1. The third kappa shape index (κ3) is 4.26. The minimum atomic E-state index is -0.611. The van der Waals surface area contributed by atoms with E-state index in [9.17, 15) is 14.4 Å². The summed E-state index contributed by atoms with van der Waals surface area (Å²) in [6, 6.07) is 9.94. The summed E-state index contributed by atoms with van der Waals surface area (Å²) in [6.45, 7) is 0.243. The number of imide groups is 1. The van der Waals surface area contributed by atoms with E-state index in [2.05, 4.69) is 5.32 Å². The number of nitrogens with two attached hydrogens (primary N) is 1. The topological polar surface area (TPSA) is 116 Å². The maximum Gasteiger partial charge on any atom is 0.261 e. The van der Waals surface area contributed by atoms with Crippen molar-refractivity contribution in [2.75, 3.05) is 6.54 Å². The first-order valence-electron chi connectivity index (χ1n) is 9.86. The van der Waals surface area contributed by atoms with Crippen LogP contribution in [0.1, 0.15) is 27.2 Å². The van der Waals surface area contributed by atoms with Crippen molar-refractivity contribution in [3.63, 3.8) is 0 Å². The van der Waals surface area contributed by atoms with E-state index in [0.29, 0.717) is 27.6 Å². The second kappa shape index (κ2) is 8.64. The summed E-state index contributed by atoms with van der Waals surface area (Å²) in [5.41, 5.74) is 7.03. The quantitative estimate of drug-likeness (QED) is 0.268. The van der Waals surface area contributed by atoms with Crippen molar-refractivity contribution in [1.82, 2.24) is 10.2 Å². The lowest BCUT2D eigenvalue weighted by atomic mass is 9.81. The maximum absolute atomic E-state index is 13.1. The van der Waals surface area contributed by atoms with Crippen molar-refractivity contribution in [2.24, 2.45) is 17.6 Å². The molecule has 3 atom stereocenters. The molecule has 7 nitrogen and oxygen atoms in total. The molecule has 0 bridgehead atoms. The standard InChI is InChI=1S/C22H21ClN4O3S/c23-17-8-7-16(31-17)20(28)26-15-6-2-5-14-18(15)22(30)27(21(14)29)10-9-12-3-1-4-13(11-12)19(24)25/h1-4,6-8,11,14-15,18H,5,9-10H2,(H3,24,25)(H,26,28). The summed E-state index contributed by atoms with van der Waals surface area (Å²) < 4.78 is 0.509. The van der Waals surface area contributed by atoms with Gasteiger partial charge < -0.3 is 11.1 Å². The van der Waals surface area contributed by atoms with Gasteiger partial charge in [0.2, 0.25) is 11.8 Å². The molecule has 1 aromatic heterocycles. The number of fused-ring (bicyclic) bond motifs is 1. The molecule has 2 heterocycles. The van der Waals surface area contributed by atoms with Crippen LogP contribution in [0.2, 0.25) is 4.34 Å². The van der Waals surface area contributed by atoms with Crippen LogP contribution in [0.15, 0.2) is 48.6 Å². The molecule has 31 heavy (non-hydrogen) atoms. The molecule has 4 rings (SSSR count). The Kier molecular flexibility index (Phi) is 5.93. The molecular formula is C22H21ClN4O3S. The van der Waals surface area contributed by atoms with E-state index >= 15 is 0 Å². The van der Waals surface area contributed by atoms with Crippen LogP contribution in [0.3, 0.4) is 0 Å². The number of allylic oxidation sites excluding steroid dienone is 1. The minimum Gasteiger partial charge on any atom is -0.384 e. The van der Waals surface area contributed by atoms with Crippen LogP contribution >= 0.6 is 22.9 Å². The number of hydrogen-bond acceptors (Lipinski definition) is 5. The first-order chi connectivity index (χ1) is 14.8. The van der Waals surface area contributed by atoms with Crippen molar-refractivity contribution in [3.05, 3.63) is 68.9 Å². The van der Waals surface area contributed by atoms with Crippen LogP contribution in [0.5, 0.6) is 0 Å². The largest absolute Gasteiger partial charge is 0.384 e. The number of benzene rings is 1. The molecule has 0 spiro atoms. The van der Waals surface area contributed by atoms with Gasteiger partial charge >= 0.3 is 0 Å². The van der Waals surface area contributed by atoms with Gasteiger partial charge in [0.1, 0.15) is 5.84 Å². The van der Waals surface area contributed by atoms with Crippen molar-refractivity contribution < 1.29 is 14.4 Å². The zero-order valence-corrected chi connectivity index (χ0v) is 18.1. The second-order valence-corrected chi connectivity index (χ2v) is 9.31. The van der Waals surface area contributed by atoms with Gasteiger partial charge in [0.15, 0.2) is 0 Å². The molecule has 3 amide bonds. The number of nitrogen functional groups attached to an aromatic ring is 1. The SMILES string of the molecule is N=C(N)c1cccc(CCN2C(=O)C3CC=CC(NC(=O)c4ccc(Cl)s4)C3C2=O)c1. The molecule has 0 saturated carbocycles. The predicted molar refractivity (Wildman–Crippen MR) is 119 cm³/mol. The van der Waals surface area contributed by atoms with Crippen LogP contribution in [-0.2, 0) is 16.0 Å². The van der Waals surface area contributed by atoms with Gasteiger partial charge in [0, 0.05) is 12.1 Å². The highest BCUT2D eigenvalue weighted by Gasteiger charge is 2.51. The van der Waals surface area contributed by atoms with E-state index in [0.717, 1.165) is 16.9 Å². The highest BCUT2D eigenvalue weighted by Crippen LogP contribution is 2.36. The van der Waals surface area contributed by atoms with Crippen LogP contribution < -0.4 is 11.1 Å². The Morgan fingerprint density at radius 2 is 2.06 bits per heavy atom. The molecule has 1 fully saturated rings. The number of amidine groups is 1. The van der Waals surface area contributed by atoms with E-state index < -0.39 is 17.9 Å². The van der Waals surface area contributed by atoms with Crippen molar-refractivity contribution >= 4 is 46.5 Å². The normalized spacial score (nSPS) is 22.5. The van der Waals surface area contributed by atoms with Gasteiger partial charge in [0.25, 0.3) is 5.91 Å².